The minimum atomic E-state index is -1.02. The monoisotopic (exact) mass is 186 g/mol. The molecule has 0 saturated heterocycles. The van der Waals surface area contributed by atoms with Gasteiger partial charge in [-0.2, -0.15) is 0 Å². The second-order valence-electron chi connectivity index (χ2n) is 3.35. The minimum Gasteiger partial charge on any atom is -0.480 e. The maximum Gasteiger partial charge on any atom is 0.325 e. The van der Waals surface area contributed by atoms with Gasteiger partial charge in [0.2, 0.25) is 0 Å². The molecule has 1 saturated carbocycles. The molecule has 1 atom stereocenters. The number of carboxylic acids is 1. The number of rotatable bonds is 3. The first kappa shape index (κ1) is 9.83. The molecule has 0 unspecified atom stereocenters. The van der Waals surface area contributed by atoms with Crippen molar-refractivity contribution < 1.29 is 14.7 Å². The lowest BCUT2D eigenvalue weighted by Gasteiger charge is -2.18. The van der Waals surface area contributed by atoms with Crippen LogP contribution in [0.2, 0.25) is 0 Å². The van der Waals surface area contributed by atoms with Crippen molar-refractivity contribution in [2.75, 3.05) is 7.05 Å². The van der Waals surface area contributed by atoms with Crippen LogP contribution in [0.1, 0.15) is 19.8 Å². The third-order valence-corrected chi connectivity index (χ3v) is 2.13. The van der Waals surface area contributed by atoms with Crippen molar-refractivity contribution in [1.82, 2.24) is 10.2 Å². The number of carbonyl (C=O) groups is 2. The smallest absolute Gasteiger partial charge is 0.325 e. The molecule has 0 heterocycles. The second-order valence-corrected chi connectivity index (χ2v) is 3.35. The fourth-order valence-corrected chi connectivity index (χ4v) is 0.976. The maximum absolute atomic E-state index is 11.3. The number of hydrogen-bond acceptors (Lipinski definition) is 2. The van der Waals surface area contributed by atoms with Gasteiger partial charge >= 0.3 is 12.0 Å². The number of carbonyl (C=O) groups excluding carboxylic acids is 1. The Bertz CT molecular complexity index is 225. The van der Waals surface area contributed by atoms with Crippen LogP contribution in [-0.2, 0) is 4.79 Å². The van der Waals surface area contributed by atoms with Gasteiger partial charge in [-0.25, -0.2) is 4.79 Å². The van der Waals surface area contributed by atoms with E-state index in [1.807, 2.05) is 0 Å². The summed E-state index contributed by atoms with van der Waals surface area (Å²) in [5.41, 5.74) is 0. The number of amides is 2. The fourth-order valence-electron chi connectivity index (χ4n) is 0.976. The molecule has 0 bridgehead atoms. The summed E-state index contributed by atoms with van der Waals surface area (Å²) in [6.07, 6.45) is 2.04. The molecule has 5 nitrogen and oxygen atoms in total. The van der Waals surface area contributed by atoms with Gasteiger partial charge in [0.25, 0.3) is 0 Å². The van der Waals surface area contributed by atoms with E-state index < -0.39 is 12.0 Å². The summed E-state index contributed by atoms with van der Waals surface area (Å²) < 4.78 is 0. The second kappa shape index (κ2) is 3.64. The summed E-state index contributed by atoms with van der Waals surface area (Å²) in [6, 6.07) is -0.827. The van der Waals surface area contributed by atoms with E-state index in [0.29, 0.717) is 6.04 Å². The van der Waals surface area contributed by atoms with E-state index in [4.69, 9.17) is 5.11 Å². The van der Waals surface area contributed by atoms with Gasteiger partial charge in [0.1, 0.15) is 6.04 Å². The summed E-state index contributed by atoms with van der Waals surface area (Å²) in [7, 11) is 1.68. The third-order valence-electron chi connectivity index (χ3n) is 2.13. The van der Waals surface area contributed by atoms with E-state index in [1.54, 1.807) is 11.9 Å². The Morgan fingerprint density at radius 3 is 2.46 bits per heavy atom. The first-order valence-electron chi connectivity index (χ1n) is 4.28. The predicted octanol–water partition coefficient (Wildman–Crippen LogP) is 0.263. The summed E-state index contributed by atoms with van der Waals surface area (Å²) >= 11 is 0. The van der Waals surface area contributed by atoms with Crippen LogP contribution in [0.4, 0.5) is 4.79 Å². The van der Waals surface area contributed by atoms with Crippen LogP contribution >= 0.6 is 0 Å². The standard InChI is InChI=1S/C8H14N2O3/c1-5(7(11)12)9-8(13)10(2)6-3-4-6/h5-6H,3-4H2,1-2H3,(H,9,13)(H,11,12)/t5-/m0/s1. The van der Waals surface area contributed by atoms with Crippen molar-refractivity contribution in [3.8, 4) is 0 Å². The lowest BCUT2D eigenvalue weighted by atomic mass is 10.3. The summed E-state index contributed by atoms with van der Waals surface area (Å²) in [5, 5.41) is 10.9. The molecule has 1 aliphatic rings. The minimum absolute atomic E-state index is 0.306. The molecule has 0 spiro atoms. The highest BCUT2D eigenvalue weighted by Gasteiger charge is 2.30. The predicted molar refractivity (Wildman–Crippen MR) is 46.4 cm³/mol. The molecule has 2 amide bonds. The third kappa shape index (κ3) is 2.61. The van der Waals surface area contributed by atoms with E-state index in [9.17, 15) is 9.59 Å². The molecule has 1 rings (SSSR count). The zero-order valence-electron chi connectivity index (χ0n) is 7.78. The molecule has 1 aliphatic carbocycles. The Morgan fingerprint density at radius 2 is 2.08 bits per heavy atom. The molecular weight excluding hydrogens is 172 g/mol. The molecule has 0 aromatic heterocycles. The topological polar surface area (TPSA) is 69.6 Å². The van der Waals surface area contributed by atoms with Crippen molar-refractivity contribution in [3.63, 3.8) is 0 Å². The van der Waals surface area contributed by atoms with Gasteiger partial charge in [-0.05, 0) is 19.8 Å². The van der Waals surface area contributed by atoms with E-state index >= 15 is 0 Å². The Labute approximate surface area is 76.7 Å². The SMILES string of the molecule is C[C@H](NC(=O)N(C)C1CC1)C(=O)O. The normalized spacial score (nSPS) is 17.7. The van der Waals surface area contributed by atoms with E-state index in [2.05, 4.69) is 5.32 Å². The molecule has 0 aliphatic heterocycles. The highest BCUT2D eigenvalue weighted by molar-refractivity contribution is 5.82. The van der Waals surface area contributed by atoms with Gasteiger partial charge in [-0.15, -0.1) is 0 Å². The lowest BCUT2D eigenvalue weighted by molar-refractivity contribution is -0.138. The van der Waals surface area contributed by atoms with Crippen molar-refractivity contribution in [3.05, 3.63) is 0 Å². The summed E-state index contributed by atoms with van der Waals surface area (Å²) in [4.78, 5) is 23.3. The van der Waals surface area contributed by atoms with E-state index in [1.165, 1.54) is 6.92 Å². The van der Waals surface area contributed by atoms with E-state index in [-0.39, 0.29) is 6.03 Å². The number of aliphatic carboxylic acids is 1. The van der Waals surface area contributed by atoms with Crippen molar-refractivity contribution in [1.29, 1.82) is 0 Å². The summed E-state index contributed by atoms with van der Waals surface area (Å²) in [6.45, 7) is 1.45. The van der Waals surface area contributed by atoms with Crippen LogP contribution in [0, 0.1) is 0 Å². The van der Waals surface area contributed by atoms with Crippen molar-refractivity contribution >= 4 is 12.0 Å². The Balaban J connectivity index is 2.35. The maximum atomic E-state index is 11.3. The average molecular weight is 186 g/mol. The summed E-state index contributed by atoms with van der Waals surface area (Å²) in [5.74, 6) is -1.02. The van der Waals surface area contributed by atoms with Gasteiger partial charge in [0.15, 0.2) is 0 Å². The van der Waals surface area contributed by atoms with Crippen molar-refractivity contribution in [2.24, 2.45) is 0 Å². The van der Waals surface area contributed by atoms with Crippen LogP contribution in [0.5, 0.6) is 0 Å². The zero-order chi connectivity index (χ0) is 10.0. The zero-order valence-corrected chi connectivity index (χ0v) is 7.78. The highest BCUT2D eigenvalue weighted by Crippen LogP contribution is 2.25. The Morgan fingerprint density at radius 1 is 1.54 bits per heavy atom. The number of hydrogen-bond donors (Lipinski definition) is 2. The van der Waals surface area contributed by atoms with Gasteiger partial charge in [0.05, 0.1) is 0 Å². The van der Waals surface area contributed by atoms with Crippen molar-refractivity contribution in [2.45, 2.75) is 31.8 Å². The fraction of sp³-hybridized carbons (Fsp3) is 0.750. The molecule has 5 heteroatoms. The number of carboxylic acid groups (broad SMARTS) is 1. The first-order valence-corrected chi connectivity index (χ1v) is 4.28. The molecule has 0 radical (unpaired) electrons. The largest absolute Gasteiger partial charge is 0.480 e. The highest BCUT2D eigenvalue weighted by atomic mass is 16.4. The van der Waals surface area contributed by atoms with E-state index in [0.717, 1.165) is 12.8 Å². The number of nitrogens with zero attached hydrogens (tertiary/aromatic N) is 1. The van der Waals surface area contributed by atoms with Gasteiger partial charge in [-0.1, -0.05) is 0 Å². The molecular formula is C8H14N2O3. The molecule has 74 valence electrons. The lowest BCUT2D eigenvalue weighted by Crippen LogP contribution is -2.45. The molecule has 0 aromatic carbocycles. The van der Waals surface area contributed by atoms with Gasteiger partial charge in [-0.3, -0.25) is 4.79 Å². The molecule has 0 aromatic rings. The van der Waals surface area contributed by atoms with Gasteiger partial charge < -0.3 is 15.3 Å². The van der Waals surface area contributed by atoms with Gasteiger partial charge in [0, 0.05) is 13.1 Å². The van der Waals surface area contributed by atoms with Crippen LogP contribution in [0.25, 0.3) is 0 Å². The van der Waals surface area contributed by atoms with Crippen LogP contribution in [-0.4, -0.2) is 41.1 Å². The molecule has 13 heavy (non-hydrogen) atoms. The Kier molecular flexibility index (Phi) is 2.75. The number of nitrogens with one attached hydrogen (secondary N) is 1. The van der Waals surface area contributed by atoms with Crippen LogP contribution in [0.15, 0.2) is 0 Å². The average Bonchev–Trinajstić information content (AvgIpc) is 2.85. The number of urea groups is 1. The Hall–Kier alpha value is -1.26. The quantitative estimate of drug-likeness (QED) is 0.664. The molecule has 1 fully saturated rings. The molecule has 2 N–H and O–H groups in total. The van der Waals surface area contributed by atoms with Crippen LogP contribution in [0.3, 0.4) is 0 Å². The van der Waals surface area contributed by atoms with Crippen LogP contribution < -0.4 is 5.32 Å². The first-order chi connectivity index (χ1) is 6.02.